The standard InChI is InChI=1S/C16H19BrN4/c1-3-5-8-21-13(4-2)20-14-15(21)11-9-10(17)6-7-12(11)19-16(14)18/h6-7,9H,3-5,8H2,1-2H3,(H2,18,19). The Morgan fingerprint density at radius 1 is 1.24 bits per heavy atom. The second-order valence-electron chi connectivity index (χ2n) is 5.24. The maximum absolute atomic E-state index is 6.13. The summed E-state index contributed by atoms with van der Waals surface area (Å²) in [6, 6.07) is 6.10. The number of hydrogen-bond acceptors (Lipinski definition) is 3. The van der Waals surface area contributed by atoms with Crippen LogP contribution in [0.3, 0.4) is 0 Å². The summed E-state index contributed by atoms with van der Waals surface area (Å²) in [6.45, 7) is 5.31. The zero-order chi connectivity index (χ0) is 15.0. The zero-order valence-corrected chi connectivity index (χ0v) is 13.9. The molecule has 21 heavy (non-hydrogen) atoms. The summed E-state index contributed by atoms with van der Waals surface area (Å²) in [7, 11) is 0. The van der Waals surface area contributed by atoms with E-state index in [0.717, 1.165) is 58.0 Å². The summed E-state index contributed by atoms with van der Waals surface area (Å²) >= 11 is 3.55. The molecule has 0 radical (unpaired) electrons. The number of fused-ring (bicyclic) bond motifs is 3. The summed E-state index contributed by atoms with van der Waals surface area (Å²) in [5, 5.41) is 1.11. The van der Waals surface area contributed by atoms with Crippen molar-refractivity contribution in [1.82, 2.24) is 14.5 Å². The second kappa shape index (κ2) is 5.64. The molecule has 3 aromatic rings. The van der Waals surface area contributed by atoms with Crippen molar-refractivity contribution in [3.63, 3.8) is 0 Å². The van der Waals surface area contributed by atoms with Gasteiger partial charge >= 0.3 is 0 Å². The first-order valence-electron chi connectivity index (χ1n) is 7.39. The van der Waals surface area contributed by atoms with Crippen LogP contribution in [0.2, 0.25) is 0 Å². The van der Waals surface area contributed by atoms with Crippen LogP contribution in [0.5, 0.6) is 0 Å². The highest BCUT2D eigenvalue weighted by Gasteiger charge is 2.16. The average molecular weight is 347 g/mol. The Kier molecular flexibility index (Phi) is 3.85. The molecular weight excluding hydrogens is 328 g/mol. The Hall–Kier alpha value is -1.62. The number of aryl methyl sites for hydroxylation is 2. The highest BCUT2D eigenvalue weighted by atomic mass is 79.9. The molecule has 0 aliphatic rings. The molecule has 0 fully saturated rings. The number of anilines is 1. The van der Waals surface area contributed by atoms with E-state index in [1.54, 1.807) is 0 Å². The minimum absolute atomic E-state index is 0.518. The first kappa shape index (κ1) is 14.3. The fourth-order valence-corrected chi connectivity index (χ4v) is 3.12. The number of hydrogen-bond donors (Lipinski definition) is 1. The first-order chi connectivity index (χ1) is 10.2. The minimum atomic E-state index is 0.518. The van der Waals surface area contributed by atoms with Gasteiger partial charge in [0.15, 0.2) is 5.82 Å². The van der Waals surface area contributed by atoms with Crippen LogP contribution in [0.4, 0.5) is 5.82 Å². The molecule has 0 spiro atoms. The smallest absolute Gasteiger partial charge is 0.152 e. The number of nitrogens with two attached hydrogens (primary N) is 1. The van der Waals surface area contributed by atoms with Gasteiger partial charge in [0.1, 0.15) is 11.3 Å². The number of nitrogens with zero attached hydrogens (tertiary/aromatic N) is 3. The Balaban J connectivity index is 2.40. The van der Waals surface area contributed by atoms with Gasteiger partial charge in [-0.05, 0) is 24.6 Å². The van der Waals surface area contributed by atoms with E-state index in [4.69, 9.17) is 10.7 Å². The topological polar surface area (TPSA) is 56.7 Å². The van der Waals surface area contributed by atoms with Gasteiger partial charge in [0.25, 0.3) is 0 Å². The van der Waals surface area contributed by atoms with Gasteiger partial charge in [0.2, 0.25) is 0 Å². The molecule has 2 aromatic heterocycles. The molecule has 110 valence electrons. The van der Waals surface area contributed by atoms with E-state index in [2.05, 4.69) is 45.4 Å². The van der Waals surface area contributed by atoms with Crippen molar-refractivity contribution in [2.24, 2.45) is 0 Å². The molecule has 0 atom stereocenters. The van der Waals surface area contributed by atoms with Crippen molar-refractivity contribution in [3.8, 4) is 0 Å². The van der Waals surface area contributed by atoms with E-state index < -0.39 is 0 Å². The molecule has 4 nitrogen and oxygen atoms in total. The van der Waals surface area contributed by atoms with Crippen molar-refractivity contribution in [1.29, 1.82) is 0 Å². The van der Waals surface area contributed by atoms with E-state index in [0.29, 0.717) is 5.82 Å². The molecule has 0 aliphatic heterocycles. The molecule has 5 heteroatoms. The Bertz CT molecular complexity index is 807. The lowest BCUT2D eigenvalue weighted by molar-refractivity contribution is 0.621. The van der Waals surface area contributed by atoms with E-state index in [9.17, 15) is 0 Å². The molecule has 3 rings (SSSR count). The lowest BCUT2D eigenvalue weighted by Crippen LogP contribution is -2.03. The quantitative estimate of drug-likeness (QED) is 0.766. The predicted octanol–water partition coefficient (Wildman–Crippen LogP) is 4.29. The fourth-order valence-electron chi connectivity index (χ4n) is 2.76. The van der Waals surface area contributed by atoms with E-state index in [1.807, 2.05) is 12.1 Å². The Morgan fingerprint density at radius 2 is 2.05 bits per heavy atom. The summed E-state index contributed by atoms with van der Waals surface area (Å²) in [6.07, 6.45) is 3.19. The lowest BCUT2D eigenvalue weighted by Gasteiger charge is -2.09. The van der Waals surface area contributed by atoms with Crippen LogP contribution >= 0.6 is 15.9 Å². The second-order valence-corrected chi connectivity index (χ2v) is 6.16. The van der Waals surface area contributed by atoms with Gasteiger partial charge in [0.05, 0.1) is 11.0 Å². The fraction of sp³-hybridized carbons (Fsp3) is 0.375. The summed E-state index contributed by atoms with van der Waals surface area (Å²) in [5.74, 6) is 1.60. The molecule has 0 saturated heterocycles. The number of unbranched alkanes of at least 4 members (excludes halogenated alkanes) is 1. The number of benzene rings is 1. The molecule has 0 aliphatic carbocycles. The SMILES string of the molecule is CCCCn1c(CC)nc2c(N)nc3ccc(Br)cc3c21. The lowest BCUT2D eigenvalue weighted by atomic mass is 10.2. The van der Waals surface area contributed by atoms with Gasteiger partial charge in [0, 0.05) is 22.8 Å². The van der Waals surface area contributed by atoms with Crippen LogP contribution in [0.15, 0.2) is 22.7 Å². The van der Waals surface area contributed by atoms with E-state index in [-0.39, 0.29) is 0 Å². The van der Waals surface area contributed by atoms with Gasteiger partial charge in [-0.3, -0.25) is 0 Å². The average Bonchev–Trinajstić information content (AvgIpc) is 2.85. The molecule has 2 N–H and O–H groups in total. The molecule has 0 saturated carbocycles. The van der Waals surface area contributed by atoms with E-state index in [1.165, 1.54) is 0 Å². The number of imidazole rings is 1. The van der Waals surface area contributed by atoms with Crippen molar-refractivity contribution in [2.45, 2.75) is 39.7 Å². The molecule has 2 heterocycles. The number of halogens is 1. The normalized spacial score (nSPS) is 11.6. The molecular formula is C16H19BrN4. The van der Waals surface area contributed by atoms with Crippen LogP contribution in [-0.4, -0.2) is 14.5 Å². The molecule has 0 unspecified atom stereocenters. The van der Waals surface area contributed by atoms with Crippen molar-refractivity contribution in [2.75, 3.05) is 5.73 Å². The van der Waals surface area contributed by atoms with Crippen LogP contribution in [0.1, 0.15) is 32.5 Å². The molecule has 0 bridgehead atoms. The third-order valence-electron chi connectivity index (χ3n) is 3.80. The third kappa shape index (κ3) is 2.39. The van der Waals surface area contributed by atoms with Crippen molar-refractivity contribution in [3.05, 3.63) is 28.5 Å². The Morgan fingerprint density at radius 3 is 2.76 bits per heavy atom. The number of aromatic nitrogens is 3. The minimum Gasteiger partial charge on any atom is -0.382 e. The number of pyridine rings is 1. The van der Waals surface area contributed by atoms with Crippen LogP contribution < -0.4 is 5.73 Å². The summed E-state index contributed by atoms with van der Waals surface area (Å²) < 4.78 is 3.36. The number of rotatable bonds is 4. The zero-order valence-electron chi connectivity index (χ0n) is 12.4. The maximum atomic E-state index is 6.13. The van der Waals surface area contributed by atoms with E-state index >= 15 is 0 Å². The van der Waals surface area contributed by atoms with Crippen LogP contribution in [0.25, 0.3) is 21.9 Å². The van der Waals surface area contributed by atoms with Gasteiger partial charge in [-0.15, -0.1) is 0 Å². The van der Waals surface area contributed by atoms with Crippen LogP contribution in [0, 0.1) is 0 Å². The highest BCUT2D eigenvalue weighted by Crippen LogP contribution is 2.31. The highest BCUT2D eigenvalue weighted by molar-refractivity contribution is 9.10. The third-order valence-corrected chi connectivity index (χ3v) is 4.29. The van der Waals surface area contributed by atoms with Crippen molar-refractivity contribution < 1.29 is 0 Å². The predicted molar refractivity (Wildman–Crippen MR) is 91.4 cm³/mol. The first-order valence-corrected chi connectivity index (χ1v) is 8.18. The van der Waals surface area contributed by atoms with Crippen LogP contribution in [-0.2, 0) is 13.0 Å². The number of nitrogen functional groups attached to an aromatic ring is 1. The Labute approximate surface area is 132 Å². The molecule has 1 aromatic carbocycles. The monoisotopic (exact) mass is 346 g/mol. The van der Waals surface area contributed by atoms with Gasteiger partial charge in [-0.1, -0.05) is 36.2 Å². The summed E-state index contributed by atoms with van der Waals surface area (Å²) in [5.41, 5.74) is 8.99. The largest absolute Gasteiger partial charge is 0.382 e. The van der Waals surface area contributed by atoms with Gasteiger partial charge in [-0.2, -0.15) is 0 Å². The molecule has 0 amide bonds. The maximum Gasteiger partial charge on any atom is 0.152 e. The van der Waals surface area contributed by atoms with Crippen molar-refractivity contribution >= 4 is 43.7 Å². The summed E-state index contributed by atoms with van der Waals surface area (Å²) in [4.78, 5) is 9.22. The van der Waals surface area contributed by atoms with Gasteiger partial charge < -0.3 is 10.3 Å². The van der Waals surface area contributed by atoms with Gasteiger partial charge in [-0.25, -0.2) is 9.97 Å².